The summed E-state index contributed by atoms with van der Waals surface area (Å²) in [4.78, 5) is 10.7. The molecule has 3 rings (SSSR count). The number of sulfonamides is 1. The van der Waals surface area contributed by atoms with Crippen molar-refractivity contribution in [2.75, 3.05) is 4.72 Å². The fourth-order valence-corrected chi connectivity index (χ4v) is 3.62. The Morgan fingerprint density at radius 3 is 2.60 bits per heavy atom. The number of nitrogens with zero attached hydrogens (tertiary/aromatic N) is 2. The van der Waals surface area contributed by atoms with Gasteiger partial charge in [0.15, 0.2) is 0 Å². The Hall–Kier alpha value is -3.07. The molecule has 0 spiro atoms. The van der Waals surface area contributed by atoms with Crippen LogP contribution in [0.1, 0.15) is 22.0 Å². The number of benzene rings is 1. The summed E-state index contributed by atoms with van der Waals surface area (Å²) in [5.74, 6) is -1.76. The molecule has 8 nitrogen and oxygen atoms in total. The van der Waals surface area contributed by atoms with Gasteiger partial charge in [-0.3, -0.25) is 4.72 Å². The predicted molar refractivity (Wildman–Crippen MR) is 89.5 cm³/mol. The molecular formula is C16H15N3O5S. The van der Waals surface area contributed by atoms with E-state index in [1.165, 1.54) is 6.92 Å². The van der Waals surface area contributed by atoms with Crippen molar-refractivity contribution < 1.29 is 22.7 Å². The number of aryl methyl sites for hydroxylation is 2. The van der Waals surface area contributed by atoms with Crippen molar-refractivity contribution in [3.63, 3.8) is 0 Å². The smallest absolute Gasteiger partial charge is 0.371 e. The average Bonchev–Trinajstić information content (AvgIpc) is 3.13. The first-order chi connectivity index (χ1) is 11.8. The molecule has 0 unspecified atom stereocenters. The van der Waals surface area contributed by atoms with Crippen LogP contribution in [0.15, 0.2) is 51.9 Å². The number of carbonyl (C=O) groups is 1. The molecule has 25 heavy (non-hydrogen) atoms. The van der Waals surface area contributed by atoms with Gasteiger partial charge in [-0.15, -0.1) is 0 Å². The quantitative estimate of drug-likeness (QED) is 0.722. The Balaban J connectivity index is 1.94. The molecule has 0 saturated heterocycles. The second-order valence-electron chi connectivity index (χ2n) is 5.38. The van der Waals surface area contributed by atoms with E-state index >= 15 is 0 Å². The molecule has 0 amide bonds. The van der Waals surface area contributed by atoms with Crippen molar-refractivity contribution in [2.45, 2.75) is 18.7 Å². The number of aromatic carboxylic acids is 1. The number of furan rings is 1. The van der Waals surface area contributed by atoms with Crippen molar-refractivity contribution in [3.8, 4) is 5.69 Å². The summed E-state index contributed by atoms with van der Waals surface area (Å²) in [5, 5.41) is 13.1. The van der Waals surface area contributed by atoms with E-state index in [2.05, 4.69) is 9.82 Å². The largest absolute Gasteiger partial charge is 0.475 e. The lowest BCUT2D eigenvalue weighted by molar-refractivity contribution is 0.0661. The Morgan fingerprint density at radius 2 is 2.00 bits per heavy atom. The highest BCUT2D eigenvalue weighted by Gasteiger charge is 2.24. The van der Waals surface area contributed by atoms with E-state index in [9.17, 15) is 13.2 Å². The number of anilines is 1. The number of nitrogens with one attached hydrogen (secondary N) is 1. The first-order valence-electron chi connectivity index (χ1n) is 7.25. The molecule has 3 aromatic rings. The van der Waals surface area contributed by atoms with Crippen LogP contribution in [0.25, 0.3) is 5.69 Å². The zero-order chi connectivity index (χ0) is 18.2. The molecule has 0 radical (unpaired) electrons. The second-order valence-corrected chi connectivity index (χ2v) is 7.03. The third-order valence-corrected chi connectivity index (χ3v) is 5.04. The van der Waals surface area contributed by atoms with Gasteiger partial charge in [0.1, 0.15) is 10.7 Å². The highest BCUT2D eigenvalue weighted by Crippen LogP contribution is 2.24. The highest BCUT2D eigenvalue weighted by molar-refractivity contribution is 7.92. The van der Waals surface area contributed by atoms with Gasteiger partial charge in [-0.05, 0) is 38.1 Å². The van der Waals surface area contributed by atoms with E-state index in [0.29, 0.717) is 11.4 Å². The topological polar surface area (TPSA) is 114 Å². The van der Waals surface area contributed by atoms with Crippen molar-refractivity contribution in [1.82, 2.24) is 9.78 Å². The number of carboxylic acid groups (broad SMARTS) is 1. The molecule has 0 atom stereocenters. The van der Waals surface area contributed by atoms with Crippen molar-refractivity contribution in [1.29, 1.82) is 0 Å². The lowest BCUT2D eigenvalue weighted by atomic mass is 10.3. The summed E-state index contributed by atoms with van der Waals surface area (Å²) in [6.45, 7) is 3.27. The number of hydrogen-bond acceptors (Lipinski definition) is 5. The number of hydrogen-bond donors (Lipinski definition) is 2. The van der Waals surface area contributed by atoms with Gasteiger partial charge >= 0.3 is 5.97 Å². The molecule has 130 valence electrons. The molecule has 0 aliphatic rings. The SMILES string of the molecule is Cc1oc(C(=O)O)cc1S(=O)(=O)Nc1cccc(-n2nccc2C)c1. The Bertz CT molecular complexity index is 1050. The van der Waals surface area contributed by atoms with Crippen LogP contribution in [-0.2, 0) is 10.0 Å². The maximum absolute atomic E-state index is 12.5. The molecule has 1 aromatic carbocycles. The van der Waals surface area contributed by atoms with Gasteiger partial charge in [0.05, 0.1) is 11.4 Å². The molecule has 0 saturated carbocycles. The van der Waals surface area contributed by atoms with E-state index in [1.54, 1.807) is 35.1 Å². The van der Waals surface area contributed by atoms with Crippen molar-refractivity contribution in [3.05, 3.63) is 59.8 Å². The Kier molecular flexibility index (Phi) is 4.09. The van der Waals surface area contributed by atoms with Crippen LogP contribution in [-0.4, -0.2) is 29.3 Å². The van der Waals surface area contributed by atoms with E-state index in [0.717, 1.165) is 11.8 Å². The third-order valence-electron chi connectivity index (χ3n) is 3.55. The first kappa shape index (κ1) is 16.8. The Morgan fingerprint density at radius 1 is 1.24 bits per heavy atom. The lowest BCUT2D eigenvalue weighted by Crippen LogP contribution is -2.13. The maximum Gasteiger partial charge on any atom is 0.371 e. The van der Waals surface area contributed by atoms with Crippen LogP contribution in [0.2, 0.25) is 0 Å². The van der Waals surface area contributed by atoms with Crippen LogP contribution in [0.5, 0.6) is 0 Å². The summed E-state index contributed by atoms with van der Waals surface area (Å²) in [5.41, 5.74) is 1.92. The van der Waals surface area contributed by atoms with Crippen LogP contribution in [0.4, 0.5) is 5.69 Å². The lowest BCUT2D eigenvalue weighted by Gasteiger charge is -2.10. The number of carboxylic acids is 1. The molecule has 0 fully saturated rings. The molecule has 9 heteroatoms. The second kappa shape index (κ2) is 6.10. The van der Waals surface area contributed by atoms with Gasteiger partial charge in [-0.2, -0.15) is 5.10 Å². The fraction of sp³-hybridized carbons (Fsp3) is 0.125. The minimum absolute atomic E-state index is 0.00368. The third kappa shape index (κ3) is 3.26. The van der Waals surface area contributed by atoms with Gasteiger partial charge in [-0.25, -0.2) is 17.9 Å². The summed E-state index contributed by atoms with van der Waals surface area (Å²) in [7, 11) is -3.99. The average molecular weight is 361 g/mol. The highest BCUT2D eigenvalue weighted by atomic mass is 32.2. The van der Waals surface area contributed by atoms with E-state index < -0.39 is 21.8 Å². The number of aromatic nitrogens is 2. The van der Waals surface area contributed by atoms with Crippen LogP contribution in [0, 0.1) is 13.8 Å². The van der Waals surface area contributed by atoms with Crippen LogP contribution >= 0.6 is 0 Å². The van der Waals surface area contributed by atoms with E-state index in [4.69, 9.17) is 9.52 Å². The van der Waals surface area contributed by atoms with Crippen molar-refractivity contribution >= 4 is 21.7 Å². The van der Waals surface area contributed by atoms with Gasteiger partial charge in [0.25, 0.3) is 10.0 Å². The predicted octanol–water partition coefficient (Wildman–Crippen LogP) is 2.58. The monoisotopic (exact) mass is 361 g/mol. The minimum atomic E-state index is -3.99. The van der Waals surface area contributed by atoms with Gasteiger partial charge in [0, 0.05) is 18.0 Å². The molecule has 0 aliphatic carbocycles. The normalized spacial score (nSPS) is 11.4. The molecule has 2 aromatic heterocycles. The molecule has 0 bridgehead atoms. The fourth-order valence-electron chi connectivity index (χ4n) is 2.39. The standard InChI is InChI=1S/C16H15N3O5S/c1-10-6-7-17-19(10)13-5-3-4-12(8-13)18-25(22,23)15-9-14(16(20)21)24-11(15)2/h3-9,18H,1-2H3,(H,20,21). The van der Waals surface area contributed by atoms with Gasteiger partial charge in [0.2, 0.25) is 5.76 Å². The zero-order valence-electron chi connectivity index (χ0n) is 13.4. The van der Waals surface area contributed by atoms with Gasteiger partial charge < -0.3 is 9.52 Å². The summed E-state index contributed by atoms with van der Waals surface area (Å²) < 4.78 is 34.1. The maximum atomic E-state index is 12.5. The van der Waals surface area contributed by atoms with Crippen molar-refractivity contribution in [2.24, 2.45) is 0 Å². The summed E-state index contributed by atoms with van der Waals surface area (Å²) in [6, 6.07) is 9.53. The summed E-state index contributed by atoms with van der Waals surface area (Å²) >= 11 is 0. The molecular weight excluding hydrogens is 346 g/mol. The first-order valence-corrected chi connectivity index (χ1v) is 8.74. The zero-order valence-corrected chi connectivity index (χ0v) is 14.2. The molecule has 2 heterocycles. The molecule has 2 N–H and O–H groups in total. The number of rotatable bonds is 5. The van der Waals surface area contributed by atoms with Crippen LogP contribution < -0.4 is 4.72 Å². The van der Waals surface area contributed by atoms with E-state index in [1.807, 2.05) is 13.0 Å². The summed E-state index contributed by atoms with van der Waals surface area (Å²) in [6.07, 6.45) is 1.65. The Labute approximate surface area is 143 Å². The van der Waals surface area contributed by atoms with Gasteiger partial charge in [-0.1, -0.05) is 6.07 Å². The minimum Gasteiger partial charge on any atom is -0.475 e. The van der Waals surface area contributed by atoms with Crippen LogP contribution in [0.3, 0.4) is 0 Å². The van der Waals surface area contributed by atoms with E-state index in [-0.39, 0.29) is 10.7 Å². The molecule has 0 aliphatic heterocycles.